The topological polar surface area (TPSA) is 99.9 Å². The fourth-order valence-corrected chi connectivity index (χ4v) is 2.68. The molecule has 2 N–H and O–H groups in total. The quantitative estimate of drug-likeness (QED) is 0.874. The van der Waals surface area contributed by atoms with Gasteiger partial charge in [-0.15, -0.1) is 0 Å². The van der Waals surface area contributed by atoms with E-state index in [2.05, 4.69) is 25.7 Å². The molecule has 1 aliphatic carbocycles. The monoisotopic (exact) mass is 318 g/mol. The number of aromatic amines is 1. The third-order valence-electron chi connectivity index (χ3n) is 4.00. The number of hydrogen-bond donors (Lipinski definition) is 2. The van der Waals surface area contributed by atoms with E-state index in [0.717, 1.165) is 25.0 Å². The van der Waals surface area contributed by atoms with Crippen LogP contribution in [0.1, 0.15) is 54.9 Å². The zero-order valence-electron chi connectivity index (χ0n) is 13.7. The number of rotatable bonds is 5. The van der Waals surface area contributed by atoms with Gasteiger partial charge in [0.15, 0.2) is 5.82 Å². The van der Waals surface area contributed by atoms with Crippen molar-refractivity contribution in [3.05, 3.63) is 28.7 Å². The molecule has 0 fully saturated rings. The third-order valence-corrected chi connectivity index (χ3v) is 4.00. The Labute approximate surface area is 134 Å². The molecule has 3 rings (SSSR count). The van der Waals surface area contributed by atoms with E-state index in [4.69, 9.17) is 4.52 Å². The van der Waals surface area contributed by atoms with Gasteiger partial charge in [0.05, 0.1) is 18.8 Å². The van der Waals surface area contributed by atoms with Gasteiger partial charge in [-0.05, 0) is 24.8 Å². The van der Waals surface area contributed by atoms with Gasteiger partial charge in [0.1, 0.15) is 0 Å². The van der Waals surface area contributed by atoms with Gasteiger partial charge in [-0.25, -0.2) is 4.79 Å². The zero-order chi connectivity index (χ0) is 16.4. The van der Waals surface area contributed by atoms with Gasteiger partial charge < -0.3 is 14.7 Å². The molecule has 2 heterocycles. The van der Waals surface area contributed by atoms with E-state index in [-0.39, 0.29) is 18.5 Å². The molecule has 0 atom stereocenters. The molecule has 0 saturated carbocycles. The maximum absolute atomic E-state index is 12.2. The molecule has 0 spiro atoms. The summed E-state index contributed by atoms with van der Waals surface area (Å²) in [5.74, 6) is 1.24. The lowest BCUT2D eigenvalue weighted by molar-refractivity contribution is 0.205. The van der Waals surface area contributed by atoms with Gasteiger partial charge in [-0.3, -0.25) is 5.10 Å². The highest BCUT2D eigenvalue weighted by atomic mass is 16.5. The minimum absolute atomic E-state index is 0.177. The number of amides is 2. The van der Waals surface area contributed by atoms with Crippen molar-refractivity contribution in [3.8, 4) is 0 Å². The lowest BCUT2D eigenvalue weighted by Gasteiger charge is -2.16. The van der Waals surface area contributed by atoms with Gasteiger partial charge in [-0.2, -0.15) is 10.1 Å². The smallest absolute Gasteiger partial charge is 0.317 e. The molecule has 8 nitrogen and oxygen atoms in total. The maximum Gasteiger partial charge on any atom is 0.317 e. The largest absolute Gasteiger partial charge is 0.339 e. The molecule has 8 heteroatoms. The first kappa shape index (κ1) is 15.5. The summed E-state index contributed by atoms with van der Waals surface area (Å²) in [7, 11) is 1.75. The standard InChI is InChI=1S/C15H22N6O2/c1-9(2)14-17-13(20-23-14)7-16-15(22)21(3)8-12-10-5-4-6-11(10)18-19-12/h9H,4-8H2,1-3H3,(H,16,22)(H,18,19). The van der Waals surface area contributed by atoms with Gasteiger partial charge in [0.2, 0.25) is 5.89 Å². The molecular weight excluding hydrogens is 296 g/mol. The van der Waals surface area contributed by atoms with Crippen molar-refractivity contribution >= 4 is 6.03 Å². The molecule has 0 unspecified atom stereocenters. The molecule has 2 amide bonds. The van der Waals surface area contributed by atoms with Crippen LogP contribution in [0.15, 0.2) is 4.52 Å². The first-order valence-electron chi connectivity index (χ1n) is 7.91. The molecule has 0 bridgehead atoms. The highest BCUT2D eigenvalue weighted by molar-refractivity contribution is 5.73. The molecule has 0 radical (unpaired) electrons. The number of nitrogens with zero attached hydrogens (tertiary/aromatic N) is 4. The predicted octanol–water partition coefficient (Wildman–Crippen LogP) is 1.75. The van der Waals surface area contributed by atoms with E-state index < -0.39 is 0 Å². The Hall–Kier alpha value is -2.38. The number of fused-ring (bicyclic) bond motifs is 1. The SMILES string of the molecule is CC(C)c1nc(CNC(=O)N(C)Cc2n[nH]c3c2CCC3)no1. The molecule has 23 heavy (non-hydrogen) atoms. The Morgan fingerprint density at radius 2 is 2.26 bits per heavy atom. The van der Waals surface area contributed by atoms with E-state index in [0.29, 0.717) is 18.3 Å². The highest BCUT2D eigenvalue weighted by Crippen LogP contribution is 2.23. The Morgan fingerprint density at radius 3 is 3.00 bits per heavy atom. The van der Waals surface area contributed by atoms with Crippen LogP contribution in [-0.4, -0.2) is 38.3 Å². The van der Waals surface area contributed by atoms with Crippen LogP contribution < -0.4 is 5.32 Å². The van der Waals surface area contributed by atoms with Crippen LogP contribution >= 0.6 is 0 Å². The van der Waals surface area contributed by atoms with E-state index in [1.165, 1.54) is 11.3 Å². The third kappa shape index (κ3) is 3.35. The van der Waals surface area contributed by atoms with Crippen LogP contribution in [-0.2, 0) is 25.9 Å². The van der Waals surface area contributed by atoms with Crippen LogP contribution in [0.25, 0.3) is 0 Å². The van der Waals surface area contributed by atoms with Gasteiger partial charge >= 0.3 is 6.03 Å². The summed E-state index contributed by atoms with van der Waals surface area (Å²) >= 11 is 0. The zero-order valence-corrected chi connectivity index (χ0v) is 13.7. The minimum atomic E-state index is -0.185. The van der Waals surface area contributed by atoms with Crippen molar-refractivity contribution in [1.29, 1.82) is 0 Å². The molecular formula is C15H22N6O2. The van der Waals surface area contributed by atoms with Crippen molar-refractivity contribution in [2.24, 2.45) is 0 Å². The van der Waals surface area contributed by atoms with Crippen molar-refractivity contribution in [2.45, 2.75) is 52.1 Å². The Morgan fingerprint density at radius 1 is 1.43 bits per heavy atom. The summed E-state index contributed by atoms with van der Waals surface area (Å²) in [5.41, 5.74) is 3.43. The number of urea groups is 1. The van der Waals surface area contributed by atoms with E-state index in [9.17, 15) is 4.79 Å². The average Bonchev–Trinajstić information content (AvgIpc) is 3.22. The first-order valence-corrected chi connectivity index (χ1v) is 7.91. The van der Waals surface area contributed by atoms with Crippen LogP contribution in [0.4, 0.5) is 4.79 Å². The second-order valence-electron chi connectivity index (χ2n) is 6.20. The van der Waals surface area contributed by atoms with Crippen LogP contribution in [0.3, 0.4) is 0 Å². The number of carbonyl (C=O) groups is 1. The number of carbonyl (C=O) groups excluding carboxylic acids is 1. The van der Waals surface area contributed by atoms with Crippen molar-refractivity contribution in [3.63, 3.8) is 0 Å². The number of H-pyrrole nitrogens is 1. The minimum Gasteiger partial charge on any atom is -0.339 e. The summed E-state index contributed by atoms with van der Waals surface area (Å²) in [6, 6.07) is -0.185. The van der Waals surface area contributed by atoms with Crippen molar-refractivity contribution in [2.75, 3.05) is 7.05 Å². The maximum atomic E-state index is 12.2. The number of aryl methyl sites for hydroxylation is 1. The number of hydrogen-bond acceptors (Lipinski definition) is 5. The molecule has 0 aromatic carbocycles. The van der Waals surface area contributed by atoms with Crippen LogP contribution in [0, 0.1) is 0 Å². The fraction of sp³-hybridized carbons (Fsp3) is 0.600. The second kappa shape index (κ2) is 6.39. The van der Waals surface area contributed by atoms with Gasteiger partial charge in [-0.1, -0.05) is 19.0 Å². The van der Waals surface area contributed by atoms with Crippen molar-refractivity contribution < 1.29 is 9.32 Å². The second-order valence-corrected chi connectivity index (χ2v) is 6.20. The number of aromatic nitrogens is 4. The summed E-state index contributed by atoms with van der Waals surface area (Å²) < 4.78 is 5.11. The Kier molecular flexibility index (Phi) is 4.31. The molecule has 124 valence electrons. The molecule has 2 aromatic rings. The summed E-state index contributed by atoms with van der Waals surface area (Å²) in [4.78, 5) is 18.0. The van der Waals surface area contributed by atoms with E-state index >= 15 is 0 Å². The van der Waals surface area contributed by atoms with Crippen molar-refractivity contribution in [1.82, 2.24) is 30.6 Å². The molecule has 0 aliphatic heterocycles. The number of nitrogens with one attached hydrogen (secondary N) is 2. The fourth-order valence-electron chi connectivity index (χ4n) is 2.68. The normalized spacial score (nSPS) is 13.4. The van der Waals surface area contributed by atoms with Gasteiger partial charge in [0.25, 0.3) is 0 Å². The summed E-state index contributed by atoms with van der Waals surface area (Å²) in [5, 5.41) is 14.0. The lowest BCUT2D eigenvalue weighted by Crippen LogP contribution is -2.36. The summed E-state index contributed by atoms with van der Waals surface area (Å²) in [6.45, 7) is 4.69. The predicted molar refractivity (Wildman–Crippen MR) is 82.7 cm³/mol. The summed E-state index contributed by atoms with van der Waals surface area (Å²) in [6.07, 6.45) is 3.24. The Bertz CT molecular complexity index is 690. The molecule has 1 aliphatic rings. The van der Waals surface area contributed by atoms with Crippen LogP contribution in [0.5, 0.6) is 0 Å². The van der Waals surface area contributed by atoms with Crippen LogP contribution in [0.2, 0.25) is 0 Å². The van der Waals surface area contributed by atoms with E-state index in [1.54, 1.807) is 11.9 Å². The average molecular weight is 318 g/mol. The first-order chi connectivity index (χ1) is 11.0. The molecule has 2 aromatic heterocycles. The molecule has 0 saturated heterocycles. The Balaban J connectivity index is 1.53. The lowest BCUT2D eigenvalue weighted by atomic mass is 10.2. The van der Waals surface area contributed by atoms with E-state index in [1.807, 2.05) is 13.8 Å². The highest BCUT2D eigenvalue weighted by Gasteiger charge is 2.20. The van der Waals surface area contributed by atoms with Gasteiger partial charge in [0, 0.05) is 18.7 Å².